The van der Waals surface area contributed by atoms with Crippen LogP contribution in [0.15, 0.2) is 16.8 Å². The molecule has 0 amide bonds. The van der Waals surface area contributed by atoms with E-state index in [-0.39, 0.29) is 0 Å². The van der Waals surface area contributed by atoms with Crippen molar-refractivity contribution in [3.63, 3.8) is 0 Å². The summed E-state index contributed by atoms with van der Waals surface area (Å²) in [5, 5.41) is 0. The Morgan fingerprint density at radius 2 is 2.17 bits per heavy atom. The van der Waals surface area contributed by atoms with Gasteiger partial charge in [-0.2, -0.15) is 4.99 Å². The Morgan fingerprint density at radius 1 is 1.58 bits per heavy atom. The van der Waals surface area contributed by atoms with Gasteiger partial charge in [0.25, 0.3) is 0 Å². The van der Waals surface area contributed by atoms with Crippen molar-refractivity contribution in [3.8, 4) is 0 Å². The summed E-state index contributed by atoms with van der Waals surface area (Å²) in [6.45, 7) is 7.91. The van der Waals surface area contributed by atoms with Crippen LogP contribution in [0.3, 0.4) is 0 Å². The highest BCUT2D eigenvalue weighted by molar-refractivity contribution is 5.34. The predicted octanol–water partition coefficient (Wildman–Crippen LogP) is 2.04. The Hall–Kier alpha value is -1.08. The molecule has 0 bridgehead atoms. The van der Waals surface area contributed by atoms with Crippen LogP contribution in [0.5, 0.6) is 0 Å². The van der Waals surface area contributed by atoms with Crippen LogP contribution in [0.25, 0.3) is 0 Å². The lowest BCUT2D eigenvalue weighted by atomic mass is 10.1. The molecule has 0 aliphatic carbocycles. The zero-order valence-corrected chi connectivity index (χ0v) is 8.05. The first kappa shape index (κ1) is 10.9. The van der Waals surface area contributed by atoms with Crippen LogP contribution in [0.4, 0.5) is 0 Å². The summed E-state index contributed by atoms with van der Waals surface area (Å²) in [7, 11) is 0. The predicted molar refractivity (Wildman–Crippen MR) is 47.6 cm³/mol. The molecule has 0 radical (unpaired) electrons. The molecule has 0 unspecified atom stereocenters. The highest BCUT2D eigenvalue weighted by atomic mass is 16.5. The van der Waals surface area contributed by atoms with E-state index in [2.05, 4.69) is 4.99 Å². The van der Waals surface area contributed by atoms with Crippen LogP contribution in [0, 0.1) is 0 Å². The Kier molecular flexibility index (Phi) is 4.30. The summed E-state index contributed by atoms with van der Waals surface area (Å²) >= 11 is 0. The van der Waals surface area contributed by atoms with E-state index < -0.39 is 5.54 Å². The Labute approximate surface area is 73.1 Å². The van der Waals surface area contributed by atoms with Crippen molar-refractivity contribution in [2.24, 2.45) is 4.99 Å². The van der Waals surface area contributed by atoms with Gasteiger partial charge in [-0.05, 0) is 33.3 Å². The molecular weight excluding hydrogens is 154 g/mol. The van der Waals surface area contributed by atoms with E-state index in [0.717, 1.165) is 5.57 Å². The maximum atomic E-state index is 9.95. The lowest BCUT2D eigenvalue weighted by molar-refractivity contribution is 0.189. The fourth-order valence-corrected chi connectivity index (χ4v) is 0.568. The molecule has 3 nitrogen and oxygen atoms in total. The molecule has 0 aliphatic rings. The molecule has 0 saturated carbocycles. The first-order valence-corrected chi connectivity index (χ1v) is 3.82. The number of aliphatic imine (C=N–C) groups is 1. The van der Waals surface area contributed by atoms with Crippen molar-refractivity contribution >= 4 is 6.08 Å². The SMILES string of the molecule is CC(C)=COCC(C)(C)N=C=O. The second-order valence-corrected chi connectivity index (χ2v) is 3.52. The highest BCUT2D eigenvalue weighted by Crippen LogP contribution is 2.08. The molecule has 0 aliphatic heterocycles. The molecule has 0 fully saturated rings. The second-order valence-electron chi connectivity index (χ2n) is 3.52. The lowest BCUT2D eigenvalue weighted by Crippen LogP contribution is -2.22. The second kappa shape index (κ2) is 4.73. The van der Waals surface area contributed by atoms with Gasteiger partial charge < -0.3 is 4.74 Å². The summed E-state index contributed by atoms with van der Waals surface area (Å²) < 4.78 is 5.18. The maximum absolute atomic E-state index is 9.95. The van der Waals surface area contributed by atoms with E-state index >= 15 is 0 Å². The summed E-state index contributed by atoms with van der Waals surface area (Å²) in [4.78, 5) is 13.5. The van der Waals surface area contributed by atoms with E-state index in [1.54, 1.807) is 6.26 Å². The van der Waals surface area contributed by atoms with Gasteiger partial charge >= 0.3 is 0 Å². The minimum absolute atomic E-state index is 0.396. The first-order chi connectivity index (χ1) is 5.48. The molecule has 0 aromatic carbocycles. The summed E-state index contributed by atoms with van der Waals surface area (Å²) in [5.41, 5.74) is 0.606. The summed E-state index contributed by atoms with van der Waals surface area (Å²) in [6, 6.07) is 0. The van der Waals surface area contributed by atoms with Crippen LogP contribution in [0.2, 0.25) is 0 Å². The van der Waals surface area contributed by atoms with E-state index in [1.807, 2.05) is 27.7 Å². The fraction of sp³-hybridized carbons (Fsp3) is 0.667. The maximum Gasteiger partial charge on any atom is 0.235 e. The Balaban J connectivity index is 3.92. The standard InChI is InChI=1S/C9H15NO2/c1-8(2)5-12-6-9(3,4)10-7-11/h5H,6H2,1-4H3. The van der Waals surface area contributed by atoms with Gasteiger partial charge in [-0.3, -0.25) is 0 Å². The Morgan fingerprint density at radius 3 is 2.58 bits per heavy atom. The van der Waals surface area contributed by atoms with Crippen molar-refractivity contribution in [2.45, 2.75) is 33.2 Å². The van der Waals surface area contributed by atoms with E-state index in [0.29, 0.717) is 6.61 Å². The number of rotatable bonds is 4. The van der Waals surface area contributed by atoms with Crippen molar-refractivity contribution in [2.75, 3.05) is 6.61 Å². The van der Waals surface area contributed by atoms with Crippen LogP contribution < -0.4 is 0 Å². The quantitative estimate of drug-likeness (QED) is 0.367. The lowest BCUT2D eigenvalue weighted by Gasteiger charge is -2.15. The molecule has 68 valence electrons. The third kappa shape index (κ3) is 5.69. The number of nitrogens with zero attached hydrogens (tertiary/aromatic N) is 1. The van der Waals surface area contributed by atoms with Gasteiger partial charge in [-0.25, -0.2) is 4.79 Å². The molecule has 12 heavy (non-hydrogen) atoms. The van der Waals surface area contributed by atoms with Gasteiger partial charge in [0.15, 0.2) is 0 Å². The van der Waals surface area contributed by atoms with Gasteiger partial charge in [-0.15, -0.1) is 0 Å². The zero-order chi connectivity index (χ0) is 9.61. The highest BCUT2D eigenvalue weighted by Gasteiger charge is 2.15. The number of hydrogen-bond donors (Lipinski definition) is 0. The van der Waals surface area contributed by atoms with Gasteiger partial charge in [0, 0.05) is 0 Å². The van der Waals surface area contributed by atoms with Gasteiger partial charge in [-0.1, -0.05) is 0 Å². The third-order valence-electron chi connectivity index (χ3n) is 1.10. The summed E-state index contributed by atoms with van der Waals surface area (Å²) in [5.74, 6) is 0. The average Bonchev–Trinajstić information content (AvgIpc) is 1.85. The molecular formula is C9H15NO2. The molecule has 0 spiro atoms. The van der Waals surface area contributed by atoms with Crippen molar-refractivity contribution in [1.82, 2.24) is 0 Å². The van der Waals surface area contributed by atoms with E-state index in [1.165, 1.54) is 6.08 Å². The molecule has 0 atom stereocenters. The van der Waals surface area contributed by atoms with Gasteiger partial charge in [0.05, 0.1) is 6.26 Å². The monoisotopic (exact) mass is 169 g/mol. The zero-order valence-electron chi connectivity index (χ0n) is 8.05. The number of hydrogen-bond acceptors (Lipinski definition) is 3. The van der Waals surface area contributed by atoms with Crippen LogP contribution in [-0.4, -0.2) is 18.2 Å². The van der Waals surface area contributed by atoms with Crippen molar-refractivity contribution < 1.29 is 9.53 Å². The minimum Gasteiger partial charge on any atom is -0.499 e. The number of isocyanates is 1. The number of allylic oxidation sites excluding steroid dienone is 1. The molecule has 0 aromatic heterocycles. The third-order valence-corrected chi connectivity index (χ3v) is 1.10. The van der Waals surface area contributed by atoms with Crippen LogP contribution in [0.1, 0.15) is 27.7 Å². The first-order valence-electron chi connectivity index (χ1n) is 3.82. The van der Waals surface area contributed by atoms with Gasteiger partial charge in [0.1, 0.15) is 12.1 Å². The average molecular weight is 169 g/mol. The largest absolute Gasteiger partial charge is 0.499 e. The minimum atomic E-state index is -0.478. The molecule has 0 aromatic rings. The van der Waals surface area contributed by atoms with Crippen LogP contribution >= 0.6 is 0 Å². The number of carbonyl (C=O) groups excluding carboxylic acids is 1. The molecule has 0 N–H and O–H groups in total. The van der Waals surface area contributed by atoms with Crippen molar-refractivity contribution in [1.29, 1.82) is 0 Å². The molecule has 0 heterocycles. The molecule has 0 saturated heterocycles. The van der Waals surface area contributed by atoms with E-state index in [4.69, 9.17) is 4.74 Å². The Bertz CT molecular complexity index is 209. The topological polar surface area (TPSA) is 38.7 Å². The smallest absolute Gasteiger partial charge is 0.235 e. The van der Waals surface area contributed by atoms with Gasteiger partial charge in [0.2, 0.25) is 6.08 Å². The van der Waals surface area contributed by atoms with Crippen LogP contribution in [-0.2, 0) is 9.53 Å². The van der Waals surface area contributed by atoms with Crippen molar-refractivity contribution in [3.05, 3.63) is 11.8 Å². The number of ether oxygens (including phenoxy) is 1. The normalized spacial score (nSPS) is 10.0. The molecule has 0 rings (SSSR count). The molecule has 3 heteroatoms. The fourth-order valence-electron chi connectivity index (χ4n) is 0.568. The van der Waals surface area contributed by atoms with E-state index in [9.17, 15) is 4.79 Å². The summed E-state index contributed by atoms with van der Waals surface area (Å²) in [6.07, 6.45) is 3.18.